The average Bonchev–Trinajstić information content (AvgIpc) is 2.66. The molecule has 0 amide bonds. The molecule has 2 aromatic rings. The molecule has 0 aromatic heterocycles. The van der Waals surface area contributed by atoms with E-state index in [0.717, 1.165) is 0 Å². The molecule has 2 rings (SSSR count). The predicted molar refractivity (Wildman–Crippen MR) is 107 cm³/mol. The first-order chi connectivity index (χ1) is 15.5. The smallest absolute Gasteiger partial charge is 1.00 e. The number of hydrogen-bond acceptors (Lipinski definition) is 16. The molecule has 0 atom stereocenters. The van der Waals surface area contributed by atoms with Crippen LogP contribution < -0.4 is 0 Å². The minimum Gasteiger partial charge on any atom is -1.00 e. The van der Waals surface area contributed by atoms with Crippen molar-refractivity contribution >= 4 is 83.0 Å². The van der Waals surface area contributed by atoms with Crippen molar-refractivity contribution in [1.29, 1.82) is 0 Å². The second-order valence-corrected chi connectivity index (χ2v) is 5.46. The van der Waals surface area contributed by atoms with Gasteiger partial charge in [0, 0.05) is 0 Å². The zero-order valence-electron chi connectivity index (χ0n) is 18.2. The van der Waals surface area contributed by atoms with Crippen LogP contribution in [0.3, 0.4) is 0 Å². The molecule has 2 aromatic carbocycles. The predicted octanol–water partition coefficient (Wildman–Crippen LogP) is 1.49. The number of nitro groups is 6. The standard InChI is InChI=1S/2C6H3N3O8.Ba.2H/c2*10-5-2(7(12)13)1-3(8(14)15)6(11)4(5)9(16)17;;;/h2*1,10-11H;;;/q;;+2;2*-1. The number of aromatic hydroxyl groups is 4. The summed E-state index contributed by atoms with van der Waals surface area (Å²) >= 11 is 0. The SMILES string of the molecule is O=[N+]([O-])c1cc([N+](=O)[O-])c(O)c([N+](=O)[O-])c1O.O=[N+]([O-])c1cc([N+](=O)[O-])c(O)c([N+](=O)[O-])c1O.[Ba+2].[H-].[H-]. The number of phenols is 4. The molecule has 0 aliphatic rings. The van der Waals surface area contributed by atoms with Crippen LogP contribution in [0.25, 0.3) is 0 Å². The molecule has 0 bridgehead atoms. The summed E-state index contributed by atoms with van der Waals surface area (Å²) in [7, 11) is 0. The fourth-order valence-electron chi connectivity index (χ4n) is 2.14. The van der Waals surface area contributed by atoms with E-state index in [1.165, 1.54) is 0 Å². The molecule has 23 heteroatoms. The Hall–Kier alpha value is -4.39. The van der Waals surface area contributed by atoms with Gasteiger partial charge in [0.2, 0.25) is 0 Å². The Balaban J connectivity index is -0.000000578. The Morgan fingerprint density at radius 1 is 0.457 bits per heavy atom. The van der Waals surface area contributed by atoms with Gasteiger partial charge in [0.1, 0.15) is 12.1 Å². The third-order valence-electron chi connectivity index (χ3n) is 3.57. The normalized spacial score (nSPS) is 9.60. The molecule has 0 radical (unpaired) electrons. The van der Waals surface area contributed by atoms with E-state index < -0.39 is 86.7 Å². The maximum absolute atomic E-state index is 10.4. The second kappa shape index (κ2) is 11.7. The van der Waals surface area contributed by atoms with Crippen LogP contribution in [-0.2, 0) is 0 Å². The van der Waals surface area contributed by atoms with Crippen molar-refractivity contribution in [3.63, 3.8) is 0 Å². The van der Waals surface area contributed by atoms with Crippen LogP contribution in [0.5, 0.6) is 23.0 Å². The zero-order valence-corrected chi connectivity index (χ0v) is 20.7. The first-order valence-corrected chi connectivity index (χ1v) is 7.58. The van der Waals surface area contributed by atoms with Gasteiger partial charge >= 0.3 is 83.0 Å². The van der Waals surface area contributed by atoms with Crippen LogP contribution in [0.15, 0.2) is 12.1 Å². The minimum atomic E-state index is -1.48. The molecule has 0 saturated carbocycles. The van der Waals surface area contributed by atoms with Crippen LogP contribution in [0.2, 0.25) is 0 Å². The van der Waals surface area contributed by atoms with Gasteiger partial charge in [0.25, 0.3) is 23.0 Å². The van der Waals surface area contributed by atoms with Gasteiger partial charge in [-0.05, 0) is 0 Å². The van der Waals surface area contributed by atoms with Crippen molar-refractivity contribution in [3.8, 4) is 23.0 Å². The molecule has 0 aliphatic heterocycles. The van der Waals surface area contributed by atoms with Gasteiger partial charge in [-0.15, -0.1) is 0 Å². The molecule has 0 unspecified atom stereocenters. The topological polar surface area (TPSA) is 340 Å². The minimum absolute atomic E-state index is 0. The van der Waals surface area contributed by atoms with E-state index >= 15 is 0 Å². The Morgan fingerprint density at radius 3 is 0.743 bits per heavy atom. The third-order valence-corrected chi connectivity index (χ3v) is 3.57. The average molecular weight is 630 g/mol. The van der Waals surface area contributed by atoms with Gasteiger partial charge in [0.15, 0.2) is 0 Å². The Morgan fingerprint density at radius 2 is 0.629 bits per heavy atom. The summed E-state index contributed by atoms with van der Waals surface area (Å²) in [5.41, 5.74) is -7.90. The van der Waals surface area contributed by atoms with Crippen molar-refractivity contribution < 1.29 is 52.8 Å². The van der Waals surface area contributed by atoms with Crippen molar-refractivity contribution in [2.45, 2.75) is 0 Å². The molecule has 35 heavy (non-hydrogen) atoms. The maximum atomic E-state index is 10.4. The molecule has 184 valence electrons. The number of nitro benzene ring substituents is 6. The van der Waals surface area contributed by atoms with Gasteiger partial charge in [-0.1, -0.05) is 0 Å². The van der Waals surface area contributed by atoms with Gasteiger partial charge in [-0.3, -0.25) is 60.7 Å². The zero-order chi connectivity index (χ0) is 26.7. The largest absolute Gasteiger partial charge is 2.00 e. The molecule has 22 nitrogen and oxygen atoms in total. The summed E-state index contributed by atoms with van der Waals surface area (Å²) in [6.07, 6.45) is 0. The van der Waals surface area contributed by atoms with E-state index in [-0.39, 0.29) is 63.9 Å². The first kappa shape index (κ1) is 30.6. The van der Waals surface area contributed by atoms with Crippen LogP contribution in [-0.4, -0.2) is 98.8 Å². The quantitative estimate of drug-likeness (QED) is 0.199. The summed E-state index contributed by atoms with van der Waals surface area (Å²) in [6, 6.07) is 0.468. The molecule has 0 heterocycles. The molecular formula is C12H8BaN6O16. The fraction of sp³-hybridized carbons (Fsp3) is 0. The van der Waals surface area contributed by atoms with Crippen LogP contribution in [0.4, 0.5) is 34.1 Å². The first-order valence-electron chi connectivity index (χ1n) is 7.58. The number of hydrogen-bond donors (Lipinski definition) is 4. The fourth-order valence-corrected chi connectivity index (χ4v) is 2.14. The Labute approximate surface area is 230 Å². The summed E-state index contributed by atoms with van der Waals surface area (Å²) in [5.74, 6) is -5.77. The van der Waals surface area contributed by atoms with Gasteiger partial charge in [0.05, 0.1) is 29.5 Å². The second-order valence-electron chi connectivity index (χ2n) is 5.46. The molecule has 0 spiro atoms. The van der Waals surface area contributed by atoms with Crippen LogP contribution in [0.1, 0.15) is 2.85 Å². The number of benzene rings is 2. The molecule has 4 N–H and O–H groups in total. The molecule has 0 aliphatic carbocycles. The summed E-state index contributed by atoms with van der Waals surface area (Å²) < 4.78 is 0. The van der Waals surface area contributed by atoms with Crippen LogP contribution >= 0.6 is 0 Å². The third kappa shape index (κ3) is 6.35. The van der Waals surface area contributed by atoms with Crippen molar-refractivity contribution in [2.24, 2.45) is 0 Å². The Kier molecular flexibility index (Phi) is 10.2. The van der Waals surface area contributed by atoms with E-state index in [0.29, 0.717) is 0 Å². The van der Waals surface area contributed by atoms with E-state index in [2.05, 4.69) is 0 Å². The summed E-state index contributed by atoms with van der Waals surface area (Å²) in [4.78, 5) is 54.8. The van der Waals surface area contributed by atoms with Gasteiger partial charge in [-0.25, -0.2) is 0 Å². The van der Waals surface area contributed by atoms with E-state index in [1.807, 2.05) is 0 Å². The monoisotopic (exact) mass is 630 g/mol. The van der Waals surface area contributed by atoms with E-state index in [4.69, 9.17) is 20.4 Å². The van der Waals surface area contributed by atoms with Gasteiger partial charge in [-0.2, -0.15) is 0 Å². The maximum Gasteiger partial charge on any atom is 2.00 e. The summed E-state index contributed by atoms with van der Waals surface area (Å²) in [5, 5.41) is 99.1. The molecule has 0 fully saturated rings. The van der Waals surface area contributed by atoms with Crippen molar-refractivity contribution in [3.05, 3.63) is 72.8 Å². The van der Waals surface area contributed by atoms with Crippen molar-refractivity contribution in [1.82, 2.24) is 0 Å². The van der Waals surface area contributed by atoms with E-state index in [9.17, 15) is 60.7 Å². The molecule has 0 saturated heterocycles. The van der Waals surface area contributed by atoms with Crippen LogP contribution in [0, 0.1) is 60.7 Å². The number of rotatable bonds is 6. The van der Waals surface area contributed by atoms with Gasteiger partial charge < -0.3 is 23.3 Å². The molecular weight excluding hydrogens is 621 g/mol. The number of nitrogens with zero attached hydrogens (tertiary/aromatic N) is 6. The Bertz CT molecular complexity index is 1120. The summed E-state index contributed by atoms with van der Waals surface area (Å²) in [6.45, 7) is 0. The van der Waals surface area contributed by atoms with E-state index in [1.54, 1.807) is 0 Å². The number of phenolic OH excluding ortho intramolecular Hbond substituents is 4. The van der Waals surface area contributed by atoms with Crippen molar-refractivity contribution in [2.75, 3.05) is 0 Å².